The third kappa shape index (κ3) is 5.64. The molecule has 1 aromatic rings. The molecule has 2 atom stereocenters. The van der Waals surface area contributed by atoms with Crippen LogP contribution in [0.2, 0.25) is 0 Å². The minimum absolute atomic E-state index is 0.219. The van der Waals surface area contributed by atoms with Crippen LogP contribution in [0.4, 0.5) is 0 Å². The van der Waals surface area contributed by atoms with Crippen LogP contribution in [0.1, 0.15) is 44.6 Å². The first-order valence-electron chi connectivity index (χ1n) is 9.49. The molecule has 2 unspecified atom stereocenters. The fourth-order valence-corrected chi connectivity index (χ4v) is 3.53. The van der Waals surface area contributed by atoms with Crippen molar-refractivity contribution < 1.29 is 9.53 Å². The van der Waals surface area contributed by atoms with E-state index in [2.05, 4.69) is 30.1 Å². The predicted molar refractivity (Wildman–Crippen MR) is 105 cm³/mol. The number of methoxy groups -OCH3 is 1. The molecular weight excluding hydrogens is 328 g/mol. The quantitative estimate of drug-likeness (QED) is 0.578. The van der Waals surface area contributed by atoms with E-state index >= 15 is 0 Å². The lowest BCUT2D eigenvalue weighted by atomic mass is 9.95. The van der Waals surface area contributed by atoms with E-state index in [-0.39, 0.29) is 11.8 Å². The summed E-state index contributed by atoms with van der Waals surface area (Å²) in [5.74, 6) is 2.18. The number of hydrogen-bond acceptors (Lipinski definition) is 3. The molecule has 1 amide bonds. The topological polar surface area (TPSA) is 80.0 Å². The Morgan fingerprint density at radius 1 is 1.46 bits per heavy atom. The third-order valence-corrected chi connectivity index (χ3v) is 4.83. The molecule has 1 fully saturated rings. The molecule has 1 heterocycles. The second-order valence-electron chi connectivity index (χ2n) is 6.96. The number of benzene rings is 1. The number of nitrogens with one attached hydrogen (secondary N) is 1. The molecule has 1 aromatic carbocycles. The number of likely N-dealkylation sites (tertiary alicyclic amines) is 1. The van der Waals surface area contributed by atoms with E-state index in [9.17, 15) is 4.79 Å². The molecule has 6 heteroatoms. The molecule has 3 N–H and O–H groups in total. The average molecular weight is 361 g/mol. The number of ether oxygens (including phenoxy) is 1. The highest BCUT2D eigenvalue weighted by Gasteiger charge is 2.23. The monoisotopic (exact) mass is 360 g/mol. The van der Waals surface area contributed by atoms with Gasteiger partial charge in [0.15, 0.2) is 5.96 Å². The van der Waals surface area contributed by atoms with Crippen molar-refractivity contribution in [2.24, 2.45) is 16.6 Å². The van der Waals surface area contributed by atoms with Gasteiger partial charge in [-0.3, -0.25) is 9.79 Å². The summed E-state index contributed by atoms with van der Waals surface area (Å²) in [6.45, 7) is 7.53. The number of amides is 1. The molecule has 2 rings (SSSR count). The number of carbonyl (C=O) groups excluding carboxylic acids is 1. The first-order chi connectivity index (χ1) is 12.5. The highest BCUT2D eigenvalue weighted by molar-refractivity contribution is 5.80. The largest absolute Gasteiger partial charge is 0.496 e. The molecular formula is C20H32N4O2. The van der Waals surface area contributed by atoms with Gasteiger partial charge in [0.25, 0.3) is 0 Å². The van der Waals surface area contributed by atoms with Crippen LogP contribution in [0.5, 0.6) is 5.75 Å². The number of para-hydroxylation sites is 1. The maximum absolute atomic E-state index is 11.2. The minimum Gasteiger partial charge on any atom is -0.496 e. The normalized spacial score (nSPS) is 19.1. The van der Waals surface area contributed by atoms with Crippen LogP contribution in [-0.4, -0.2) is 50.1 Å². The Labute approximate surface area is 156 Å². The predicted octanol–water partition coefficient (Wildman–Crippen LogP) is 2.35. The van der Waals surface area contributed by atoms with Gasteiger partial charge < -0.3 is 20.7 Å². The Morgan fingerprint density at radius 2 is 2.23 bits per heavy atom. The zero-order chi connectivity index (χ0) is 18.9. The Balaban J connectivity index is 2.06. The fourth-order valence-electron chi connectivity index (χ4n) is 3.53. The van der Waals surface area contributed by atoms with E-state index in [1.807, 2.05) is 18.2 Å². The molecule has 144 valence electrons. The lowest BCUT2D eigenvalue weighted by Gasteiger charge is -2.34. The van der Waals surface area contributed by atoms with Crippen LogP contribution < -0.4 is 15.8 Å². The summed E-state index contributed by atoms with van der Waals surface area (Å²) in [5.41, 5.74) is 6.55. The van der Waals surface area contributed by atoms with Gasteiger partial charge in [-0.25, -0.2) is 0 Å². The minimum atomic E-state index is -0.219. The van der Waals surface area contributed by atoms with Crippen molar-refractivity contribution in [1.82, 2.24) is 10.2 Å². The van der Waals surface area contributed by atoms with Crippen LogP contribution in [0.3, 0.4) is 0 Å². The molecule has 6 nitrogen and oxygen atoms in total. The molecule has 1 aliphatic rings. The number of carbonyl (C=O) groups is 1. The Bertz CT molecular complexity index is 618. The van der Waals surface area contributed by atoms with Gasteiger partial charge in [0, 0.05) is 38.5 Å². The smallest absolute Gasteiger partial charge is 0.217 e. The molecule has 0 spiro atoms. The molecule has 0 aliphatic carbocycles. The molecule has 0 saturated carbocycles. The Kier molecular flexibility index (Phi) is 7.75. The van der Waals surface area contributed by atoms with E-state index in [0.717, 1.165) is 44.2 Å². The summed E-state index contributed by atoms with van der Waals surface area (Å²) in [6, 6.07) is 8.09. The van der Waals surface area contributed by atoms with Gasteiger partial charge in [-0.15, -0.1) is 0 Å². The van der Waals surface area contributed by atoms with Gasteiger partial charge in [-0.2, -0.15) is 0 Å². The standard InChI is InChI=1S/C20H32N4O2/c1-4-22-20(24-11-7-8-16(14-24)12-19(21)25)23-13-15(2)17-9-5-6-10-18(17)26-3/h5-6,9-10,15-16H,4,7-8,11-14H2,1-3H3,(H2,21,25)(H,22,23). The average Bonchev–Trinajstić information content (AvgIpc) is 2.64. The highest BCUT2D eigenvalue weighted by Crippen LogP contribution is 2.26. The number of primary amides is 1. The zero-order valence-corrected chi connectivity index (χ0v) is 16.2. The second-order valence-corrected chi connectivity index (χ2v) is 6.96. The van der Waals surface area contributed by atoms with Crippen molar-refractivity contribution in [2.45, 2.75) is 39.0 Å². The van der Waals surface area contributed by atoms with Crippen molar-refractivity contribution >= 4 is 11.9 Å². The first kappa shape index (κ1) is 20.1. The summed E-state index contributed by atoms with van der Waals surface area (Å²) in [7, 11) is 1.70. The maximum atomic E-state index is 11.2. The Hall–Kier alpha value is -2.24. The summed E-state index contributed by atoms with van der Waals surface area (Å²) < 4.78 is 5.47. The van der Waals surface area contributed by atoms with E-state index in [1.54, 1.807) is 7.11 Å². The van der Waals surface area contributed by atoms with Crippen LogP contribution in [-0.2, 0) is 4.79 Å². The molecule has 0 radical (unpaired) electrons. The third-order valence-electron chi connectivity index (χ3n) is 4.83. The van der Waals surface area contributed by atoms with Gasteiger partial charge in [-0.05, 0) is 37.3 Å². The lowest BCUT2D eigenvalue weighted by Crippen LogP contribution is -2.47. The van der Waals surface area contributed by atoms with Crippen molar-refractivity contribution in [3.63, 3.8) is 0 Å². The molecule has 1 saturated heterocycles. The van der Waals surface area contributed by atoms with Crippen molar-refractivity contribution in [3.05, 3.63) is 29.8 Å². The maximum Gasteiger partial charge on any atom is 0.217 e. The van der Waals surface area contributed by atoms with Crippen LogP contribution in [0.25, 0.3) is 0 Å². The van der Waals surface area contributed by atoms with E-state index < -0.39 is 0 Å². The van der Waals surface area contributed by atoms with E-state index in [1.165, 1.54) is 5.56 Å². The van der Waals surface area contributed by atoms with Gasteiger partial charge in [-0.1, -0.05) is 25.1 Å². The lowest BCUT2D eigenvalue weighted by molar-refractivity contribution is -0.119. The van der Waals surface area contributed by atoms with Crippen molar-refractivity contribution in [3.8, 4) is 5.75 Å². The van der Waals surface area contributed by atoms with E-state index in [0.29, 0.717) is 18.9 Å². The number of nitrogens with zero attached hydrogens (tertiary/aromatic N) is 2. The first-order valence-corrected chi connectivity index (χ1v) is 9.49. The number of nitrogens with two attached hydrogens (primary N) is 1. The van der Waals surface area contributed by atoms with E-state index in [4.69, 9.17) is 15.5 Å². The summed E-state index contributed by atoms with van der Waals surface area (Å²) >= 11 is 0. The number of guanidine groups is 1. The van der Waals surface area contributed by atoms with Crippen molar-refractivity contribution in [1.29, 1.82) is 0 Å². The second kappa shape index (κ2) is 10.0. The molecule has 0 aromatic heterocycles. The fraction of sp³-hybridized carbons (Fsp3) is 0.600. The number of rotatable bonds is 7. The molecule has 26 heavy (non-hydrogen) atoms. The van der Waals surface area contributed by atoms with Crippen LogP contribution >= 0.6 is 0 Å². The van der Waals surface area contributed by atoms with Crippen LogP contribution in [0, 0.1) is 5.92 Å². The Morgan fingerprint density at radius 3 is 2.92 bits per heavy atom. The van der Waals surface area contributed by atoms with Crippen LogP contribution in [0.15, 0.2) is 29.3 Å². The number of piperidine rings is 1. The molecule has 1 aliphatic heterocycles. The summed E-state index contributed by atoms with van der Waals surface area (Å²) in [4.78, 5) is 18.4. The van der Waals surface area contributed by atoms with Gasteiger partial charge in [0.05, 0.1) is 7.11 Å². The number of hydrogen-bond donors (Lipinski definition) is 2. The van der Waals surface area contributed by atoms with Crippen molar-refractivity contribution in [2.75, 3.05) is 33.3 Å². The SMILES string of the molecule is CCNC(=NCC(C)c1ccccc1OC)N1CCCC(CC(N)=O)C1. The van der Waals surface area contributed by atoms with Gasteiger partial charge >= 0.3 is 0 Å². The van der Waals surface area contributed by atoms with Gasteiger partial charge in [0.1, 0.15) is 5.75 Å². The number of aliphatic imine (C=N–C) groups is 1. The summed E-state index contributed by atoms with van der Waals surface area (Å²) in [6.07, 6.45) is 2.56. The highest BCUT2D eigenvalue weighted by atomic mass is 16.5. The zero-order valence-electron chi connectivity index (χ0n) is 16.2. The molecule has 0 bridgehead atoms. The van der Waals surface area contributed by atoms with Gasteiger partial charge in [0.2, 0.25) is 5.91 Å². The summed E-state index contributed by atoms with van der Waals surface area (Å²) in [5, 5.41) is 3.39.